The average molecular weight is 244 g/mol. The van der Waals surface area contributed by atoms with Gasteiger partial charge in [-0.05, 0) is 24.6 Å². The third-order valence-corrected chi connectivity index (χ3v) is 3.60. The van der Waals surface area contributed by atoms with Gasteiger partial charge in [-0.2, -0.15) is 0 Å². The van der Waals surface area contributed by atoms with E-state index in [1.165, 1.54) is 10.5 Å². The minimum atomic E-state index is 0.175. The summed E-state index contributed by atoms with van der Waals surface area (Å²) in [6, 6.07) is 6.03. The number of hydrogen-bond acceptors (Lipinski definition) is 2. The second-order valence-corrected chi connectivity index (χ2v) is 6.73. The van der Waals surface area contributed by atoms with E-state index in [1.54, 1.807) is 11.8 Å². The number of hydrogen-bond donors (Lipinski definition) is 1. The Hall–Kier alpha value is -0.180. The zero-order valence-electron chi connectivity index (χ0n) is 9.51. The van der Waals surface area contributed by atoms with E-state index < -0.39 is 0 Å². The molecule has 84 valence electrons. The van der Waals surface area contributed by atoms with Gasteiger partial charge >= 0.3 is 0 Å². The Kier molecular flexibility index (Phi) is 4.50. The van der Waals surface area contributed by atoms with Crippen molar-refractivity contribution in [2.75, 3.05) is 6.54 Å². The largest absolute Gasteiger partial charge is 0.330 e. The summed E-state index contributed by atoms with van der Waals surface area (Å²) in [4.78, 5) is 1.18. The molecule has 0 aliphatic carbocycles. The van der Waals surface area contributed by atoms with E-state index in [1.807, 2.05) is 12.1 Å². The molecule has 3 heteroatoms. The highest BCUT2D eigenvalue weighted by molar-refractivity contribution is 8.00. The number of rotatable bonds is 3. The van der Waals surface area contributed by atoms with Crippen LogP contribution in [-0.4, -0.2) is 11.3 Å². The Balaban J connectivity index is 3.02. The van der Waals surface area contributed by atoms with Gasteiger partial charge in [0, 0.05) is 9.64 Å². The zero-order chi connectivity index (χ0) is 11.5. The van der Waals surface area contributed by atoms with Gasteiger partial charge in [0.15, 0.2) is 0 Å². The summed E-state index contributed by atoms with van der Waals surface area (Å²) in [5.74, 6) is 0. The van der Waals surface area contributed by atoms with Gasteiger partial charge in [-0.15, -0.1) is 11.8 Å². The first-order valence-corrected chi connectivity index (χ1v) is 6.30. The molecule has 0 saturated carbocycles. The molecule has 0 fully saturated rings. The van der Waals surface area contributed by atoms with Gasteiger partial charge in [0.1, 0.15) is 0 Å². The first-order chi connectivity index (χ1) is 6.94. The molecular formula is C12H18ClNS. The van der Waals surface area contributed by atoms with Crippen molar-refractivity contribution in [2.45, 2.75) is 36.8 Å². The third kappa shape index (κ3) is 4.06. The standard InChI is InChI=1S/C12H18ClNS/c1-12(2,3)15-11-9(7-8-14)5-4-6-10(11)13/h4-6H,7-8,14H2,1-3H3. The molecule has 15 heavy (non-hydrogen) atoms. The van der Waals surface area contributed by atoms with Crippen molar-refractivity contribution in [1.82, 2.24) is 0 Å². The third-order valence-electron chi connectivity index (χ3n) is 1.87. The van der Waals surface area contributed by atoms with Crippen molar-refractivity contribution < 1.29 is 0 Å². The Labute approximate surface area is 101 Å². The molecule has 0 amide bonds. The van der Waals surface area contributed by atoms with Gasteiger partial charge < -0.3 is 5.73 Å². The molecule has 0 atom stereocenters. The zero-order valence-corrected chi connectivity index (χ0v) is 11.1. The highest BCUT2D eigenvalue weighted by Gasteiger charge is 2.16. The Bertz CT molecular complexity index is 331. The van der Waals surface area contributed by atoms with Crippen LogP contribution in [0, 0.1) is 0 Å². The highest BCUT2D eigenvalue weighted by Crippen LogP contribution is 2.38. The lowest BCUT2D eigenvalue weighted by molar-refractivity contribution is 0.800. The summed E-state index contributed by atoms with van der Waals surface area (Å²) >= 11 is 8.02. The SMILES string of the molecule is CC(C)(C)Sc1c(Cl)cccc1CCN. The molecule has 0 spiro atoms. The minimum Gasteiger partial charge on any atom is -0.330 e. The second kappa shape index (κ2) is 5.24. The lowest BCUT2D eigenvalue weighted by Gasteiger charge is -2.20. The fourth-order valence-corrected chi connectivity index (χ4v) is 2.72. The number of nitrogens with two attached hydrogens (primary N) is 1. The molecule has 0 aliphatic heterocycles. The molecule has 2 N–H and O–H groups in total. The molecule has 0 radical (unpaired) electrons. The summed E-state index contributed by atoms with van der Waals surface area (Å²) in [6.07, 6.45) is 0.888. The second-order valence-electron chi connectivity index (χ2n) is 4.48. The first-order valence-electron chi connectivity index (χ1n) is 5.10. The van der Waals surface area contributed by atoms with Crippen LogP contribution >= 0.6 is 23.4 Å². The van der Waals surface area contributed by atoms with E-state index in [4.69, 9.17) is 17.3 Å². The van der Waals surface area contributed by atoms with Gasteiger partial charge in [0.05, 0.1) is 5.02 Å². The van der Waals surface area contributed by atoms with E-state index in [0.29, 0.717) is 6.54 Å². The van der Waals surface area contributed by atoms with Crippen molar-refractivity contribution >= 4 is 23.4 Å². The fraction of sp³-hybridized carbons (Fsp3) is 0.500. The summed E-state index contributed by atoms with van der Waals surface area (Å²) in [5.41, 5.74) is 6.85. The van der Waals surface area contributed by atoms with Gasteiger partial charge in [-0.3, -0.25) is 0 Å². The summed E-state index contributed by atoms with van der Waals surface area (Å²) in [5, 5.41) is 0.834. The predicted octanol–water partition coefficient (Wildman–Crippen LogP) is 3.73. The van der Waals surface area contributed by atoms with Crippen molar-refractivity contribution in [1.29, 1.82) is 0 Å². The Morgan fingerprint density at radius 3 is 2.53 bits per heavy atom. The molecule has 1 nitrogen and oxygen atoms in total. The number of halogens is 1. The molecule has 1 rings (SSSR count). The monoisotopic (exact) mass is 243 g/mol. The van der Waals surface area contributed by atoms with Gasteiger partial charge in [-0.1, -0.05) is 44.5 Å². The lowest BCUT2D eigenvalue weighted by atomic mass is 10.1. The highest BCUT2D eigenvalue weighted by atomic mass is 35.5. The molecular weight excluding hydrogens is 226 g/mol. The molecule has 1 aromatic rings. The van der Waals surface area contributed by atoms with Crippen LogP contribution in [0.2, 0.25) is 5.02 Å². The van der Waals surface area contributed by atoms with E-state index in [0.717, 1.165) is 11.4 Å². The van der Waals surface area contributed by atoms with E-state index in [2.05, 4.69) is 26.8 Å². The normalized spacial score (nSPS) is 11.8. The molecule has 0 aromatic heterocycles. The van der Waals surface area contributed by atoms with Crippen LogP contribution in [-0.2, 0) is 6.42 Å². The molecule has 0 unspecified atom stereocenters. The van der Waals surface area contributed by atoms with Crippen LogP contribution < -0.4 is 5.73 Å². The maximum Gasteiger partial charge on any atom is 0.0544 e. The van der Waals surface area contributed by atoms with Crippen LogP contribution in [0.1, 0.15) is 26.3 Å². The summed E-state index contributed by atoms with van der Waals surface area (Å²) < 4.78 is 0.175. The van der Waals surface area contributed by atoms with Crippen molar-refractivity contribution in [3.63, 3.8) is 0 Å². The lowest BCUT2D eigenvalue weighted by Crippen LogP contribution is -2.09. The fourth-order valence-electron chi connectivity index (χ4n) is 1.33. The van der Waals surface area contributed by atoms with Gasteiger partial charge in [0.25, 0.3) is 0 Å². The topological polar surface area (TPSA) is 26.0 Å². The van der Waals surface area contributed by atoms with Gasteiger partial charge in [0.2, 0.25) is 0 Å². The molecule has 0 saturated heterocycles. The van der Waals surface area contributed by atoms with Crippen molar-refractivity contribution in [3.8, 4) is 0 Å². The maximum absolute atomic E-state index is 6.21. The van der Waals surface area contributed by atoms with Gasteiger partial charge in [-0.25, -0.2) is 0 Å². The van der Waals surface area contributed by atoms with Crippen LogP contribution in [0.5, 0.6) is 0 Å². The average Bonchev–Trinajstić information content (AvgIpc) is 2.10. The number of benzene rings is 1. The molecule has 1 aromatic carbocycles. The molecule has 0 bridgehead atoms. The molecule has 0 aliphatic rings. The van der Waals surface area contributed by atoms with E-state index in [9.17, 15) is 0 Å². The first kappa shape index (κ1) is 12.9. The Morgan fingerprint density at radius 2 is 2.00 bits per heavy atom. The van der Waals surface area contributed by atoms with Crippen molar-refractivity contribution in [2.24, 2.45) is 5.73 Å². The quantitative estimate of drug-likeness (QED) is 0.819. The minimum absolute atomic E-state index is 0.175. The van der Waals surface area contributed by atoms with E-state index in [-0.39, 0.29) is 4.75 Å². The maximum atomic E-state index is 6.21. The Morgan fingerprint density at radius 1 is 1.33 bits per heavy atom. The van der Waals surface area contributed by atoms with Crippen LogP contribution in [0.4, 0.5) is 0 Å². The summed E-state index contributed by atoms with van der Waals surface area (Å²) in [7, 11) is 0. The predicted molar refractivity (Wildman–Crippen MR) is 69.8 cm³/mol. The van der Waals surface area contributed by atoms with Crippen LogP contribution in [0.25, 0.3) is 0 Å². The van der Waals surface area contributed by atoms with Crippen LogP contribution in [0.15, 0.2) is 23.1 Å². The smallest absolute Gasteiger partial charge is 0.0544 e. The van der Waals surface area contributed by atoms with Crippen LogP contribution in [0.3, 0.4) is 0 Å². The summed E-state index contributed by atoms with van der Waals surface area (Å²) in [6.45, 7) is 7.23. The molecule has 0 heterocycles. The number of thioether (sulfide) groups is 1. The van der Waals surface area contributed by atoms with Crippen molar-refractivity contribution in [3.05, 3.63) is 28.8 Å². The van der Waals surface area contributed by atoms with E-state index >= 15 is 0 Å².